The van der Waals surface area contributed by atoms with Crippen molar-refractivity contribution in [1.29, 1.82) is 0 Å². The lowest BCUT2D eigenvalue weighted by molar-refractivity contribution is 0.0587. The van der Waals surface area contributed by atoms with E-state index < -0.39 is 0 Å². The maximum atomic E-state index is 12.6. The molecular formula is C15H20INO. The lowest BCUT2D eigenvalue weighted by Gasteiger charge is -2.36. The molecule has 2 rings (SSSR count). The van der Waals surface area contributed by atoms with Gasteiger partial charge < -0.3 is 4.90 Å². The highest BCUT2D eigenvalue weighted by molar-refractivity contribution is 14.1. The summed E-state index contributed by atoms with van der Waals surface area (Å²) in [6, 6.07) is 6.34. The van der Waals surface area contributed by atoms with Gasteiger partial charge in [-0.1, -0.05) is 19.1 Å². The van der Waals surface area contributed by atoms with E-state index in [9.17, 15) is 4.79 Å². The molecule has 1 heterocycles. The Morgan fingerprint density at radius 2 is 2.11 bits per heavy atom. The molecule has 2 unspecified atom stereocenters. The number of aryl methyl sites for hydroxylation is 1. The number of carbonyl (C=O) groups excluding carboxylic acids is 1. The van der Waals surface area contributed by atoms with E-state index in [2.05, 4.69) is 49.4 Å². The van der Waals surface area contributed by atoms with Crippen LogP contribution in [0.15, 0.2) is 18.2 Å². The van der Waals surface area contributed by atoms with Crippen molar-refractivity contribution >= 4 is 28.5 Å². The Morgan fingerprint density at radius 1 is 1.39 bits per heavy atom. The van der Waals surface area contributed by atoms with Gasteiger partial charge in [0.05, 0.1) is 5.56 Å². The molecule has 0 aliphatic carbocycles. The molecule has 1 fully saturated rings. The number of likely N-dealkylation sites (tertiary alicyclic amines) is 1. The molecule has 2 nitrogen and oxygen atoms in total. The maximum Gasteiger partial charge on any atom is 0.255 e. The summed E-state index contributed by atoms with van der Waals surface area (Å²) in [5.74, 6) is 0.933. The fraction of sp³-hybridized carbons (Fsp3) is 0.533. The van der Waals surface area contributed by atoms with Gasteiger partial charge in [-0.25, -0.2) is 0 Å². The first-order chi connectivity index (χ1) is 8.50. The molecule has 0 aromatic heterocycles. The third-order valence-corrected chi connectivity index (χ3v) is 5.25. The number of nitrogens with zero attached hydrogens (tertiary/aromatic N) is 1. The van der Waals surface area contributed by atoms with Crippen LogP contribution in [0.3, 0.4) is 0 Å². The second-order valence-electron chi connectivity index (χ2n) is 5.41. The zero-order chi connectivity index (χ0) is 13.3. The van der Waals surface area contributed by atoms with E-state index >= 15 is 0 Å². The summed E-state index contributed by atoms with van der Waals surface area (Å²) in [6.45, 7) is 7.39. The van der Waals surface area contributed by atoms with Gasteiger partial charge in [0, 0.05) is 16.2 Å². The van der Waals surface area contributed by atoms with Gasteiger partial charge in [0.1, 0.15) is 0 Å². The van der Waals surface area contributed by atoms with E-state index in [0.717, 1.165) is 34.4 Å². The van der Waals surface area contributed by atoms with Crippen molar-refractivity contribution in [2.45, 2.75) is 39.7 Å². The molecule has 1 aliphatic heterocycles. The second kappa shape index (κ2) is 5.59. The molecule has 1 saturated heterocycles. The van der Waals surface area contributed by atoms with Crippen LogP contribution in [-0.2, 0) is 0 Å². The molecule has 1 amide bonds. The smallest absolute Gasteiger partial charge is 0.255 e. The number of halogens is 1. The van der Waals surface area contributed by atoms with Gasteiger partial charge in [-0.2, -0.15) is 0 Å². The Balaban J connectivity index is 2.23. The summed E-state index contributed by atoms with van der Waals surface area (Å²) in [7, 11) is 0. The van der Waals surface area contributed by atoms with Crippen molar-refractivity contribution in [2.24, 2.45) is 5.92 Å². The average Bonchev–Trinajstić information content (AvgIpc) is 2.32. The first-order valence-corrected chi connectivity index (χ1v) is 7.64. The number of hydrogen-bond acceptors (Lipinski definition) is 1. The number of benzene rings is 1. The fourth-order valence-electron chi connectivity index (χ4n) is 2.68. The van der Waals surface area contributed by atoms with Crippen molar-refractivity contribution in [3.05, 3.63) is 32.9 Å². The Bertz CT molecular complexity index is 458. The Labute approximate surface area is 123 Å². The lowest BCUT2D eigenvalue weighted by atomic mass is 9.93. The molecule has 3 heteroatoms. The summed E-state index contributed by atoms with van der Waals surface area (Å²) in [5.41, 5.74) is 2.04. The highest BCUT2D eigenvalue weighted by atomic mass is 127. The molecule has 0 bridgehead atoms. The molecule has 0 saturated carbocycles. The summed E-state index contributed by atoms with van der Waals surface area (Å²) in [6.07, 6.45) is 2.24. The van der Waals surface area contributed by atoms with E-state index in [0.29, 0.717) is 6.04 Å². The summed E-state index contributed by atoms with van der Waals surface area (Å²) < 4.78 is 1.09. The van der Waals surface area contributed by atoms with E-state index in [1.807, 2.05) is 17.0 Å². The molecule has 2 atom stereocenters. The second-order valence-corrected chi connectivity index (χ2v) is 6.49. The minimum Gasteiger partial charge on any atom is -0.336 e. The van der Waals surface area contributed by atoms with Gasteiger partial charge in [-0.05, 0) is 66.8 Å². The zero-order valence-electron chi connectivity index (χ0n) is 11.2. The maximum absolute atomic E-state index is 12.6. The largest absolute Gasteiger partial charge is 0.336 e. The number of carbonyl (C=O) groups is 1. The van der Waals surface area contributed by atoms with Crippen molar-refractivity contribution < 1.29 is 4.79 Å². The lowest BCUT2D eigenvalue weighted by Crippen LogP contribution is -2.44. The molecular weight excluding hydrogens is 337 g/mol. The Hall–Kier alpha value is -0.580. The van der Waals surface area contributed by atoms with Crippen molar-refractivity contribution in [3.8, 4) is 0 Å². The molecule has 18 heavy (non-hydrogen) atoms. The van der Waals surface area contributed by atoms with E-state index in [4.69, 9.17) is 0 Å². The quantitative estimate of drug-likeness (QED) is 0.699. The number of hydrogen-bond donors (Lipinski definition) is 0. The monoisotopic (exact) mass is 357 g/mol. The molecule has 1 aliphatic rings. The van der Waals surface area contributed by atoms with Crippen LogP contribution in [0.1, 0.15) is 42.6 Å². The molecule has 0 spiro atoms. The molecule has 98 valence electrons. The minimum absolute atomic E-state index is 0.197. The zero-order valence-corrected chi connectivity index (χ0v) is 13.4. The average molecular weight is 357 g/mol. The Morgan fingerprint density at radius 3 is 2.78 bits per heavy atom. The molecule has 1 aromatic rings. The van der Waals surface area contributed by atoms with Gasteiger partial charge in [0.2, 0.25) is 0 Å². The molecule has 0 radical (unpaired) electrons. The van der Waals surface area contributed by atoms with Crippen LogP contribution in [0.25, 0.3) is 0 Å². The predicted molar refractivity (Wildman–Crippen MR) is 82.8 cm³/mol. The third-order valence-electron chi connectivity index (χ3n) is 3.82. The normalized spacial score (nSPS) is 24.1. The molecule has 0 N–H and O–H groups in total. The number of amides is 1. The van der Waals surface area contributed by atoms with E-state index in [1.54, 1.807) is 0 Å². The highest BCUT2D eigenvalue weighted by Gasteiger charge is 2.28. The van der Waals surface area contributed by atoms with Crippen molar-refractivity contribution in [2.75, 3.05) is 6.54 Å². The van der Waals surface area contributed by atoms with Crippen LogP contribution >= 0.6 is 22.6 Å². The van der Waals surface area contributed by atoms with Crippen molar-refractivity contribution in [3.63, 3.8) is 0 Å². The fourth-order valence-corrected chi connectivity index (χ4v) is 3.27. The van der Waals surface area contributed by atoms with E-state index in [1.165, 1.54) is 5.56 Å². The van der Waals surface area contributed by atoms with Crippen LogP contribution in [0.2, 0.25) is 0 Å². The van der Waals surface area contributed by atoms with Gasteiger partial charge in [-0.3, -0.25) is 4.79 Å². The topological polar surface area (TPSA) is 20.3 Å². The van der Waals surface area contributed by atoms with Gasteiger partial charge in [0.15, 0.2) is 0 Å². The number of rotatable bonds is 1. The van der Waals surface area contributed by atoms with Crippen LogP contribution in [0.4, 0.5) is 0 Å². The predicted octanol–water partition coefficient (Wildman–Crippen LogP) is 3.86. The Kier molecular flexibility index (Phi) is 4.30. The van der Waals surface area contributed by atoms with Crippen LogP contribution in [0.5, 0.6) is 0 Å². The van der Waals surface area contributed by atoms with Gasteiger partial charge in [0.25, 0.3) is 5.91 Å². The summed E-state index contributed by atoms with van der Waals surface area (Å²) >= 11 is 2.28. The third kappa shape index (κ3) is 2.71. The first kappa shape index (κ1) is 13.8. The van der Waals surface area contributed by atoms with Gasteiger partial charge in [-0.15, -0.1) is 0 Å². The van der Waals surface area contributed by atoms with Gasteiger partial charge >= 0.3 is 0 Å². The first-order valence-electron chi connectivity index (χ1n) is 6.56. The van der Waals surface area contributed by atoms with Crippen LogP contribution < -0.4 is 0 Å². The standard InChI is InChI=1S/C15H20INO/c1-10-7-8-17(12(3)9-10)15(18)13-6-4-5-11(2)14(13)16/h4-6,10,12H,7-9H2,1-3H3. The van der Waals surface area contributed by atoms with E-state index in [-0.39, 0.29) is 5.91 Å². The number of piperidine rings is 1. The summed E-state index contributed by atoms with van der Waals surface area (Å²) in [4.78, 5) is 14.6. The summed E-state index contributed by atoms with van der Waals surface area (Å²) in [5, 5.41) is 0. The highest BCUT2D eigenvalue weighted by Crippen LogP contribution is 2.26. The molecule has 1 aromatic carbocycles. The van der Waals surface area contributed by atoms with Crippen LogP contribution in [0, 0.1) is 16.4 Å². The van der Waals surface area contributed by atoms with Crippen molar-refractivity contribution in [1.82, 2.24) is 4.90 Å². The SMILES string of the molecule is Cc1cccc(C(=O)N2CCC(C)CC2C)c1I. The minimum atomic E-state index is 0.197. The van der Waals surface area contributed by atoms with Crippen LogP contribution in [-0.4, -0.2) is 23.4 Å².